The van der Waals surface area contributed by atoms with Crippen molar-refractivity contribution in [2.24, 2.45) is 4.99 Å². The van der Waals surface area contributed by atoms with Crippen molar-refractivity contribution in [1.29, 1.82) is 0 Å². The first-order valence-corrected chi connectivity index (χ1v) is 3.86. The van der Waals surface area contributed by atoms with E-state index in [4.69, 9.17) is 0 Å². The molecule has 1 aliphatic rings. The van der Waals surface area contributed by atoms with Gasteiger partial charge in [-0.15, -0.1) is 0 Å². The highest BCUT2D eigenvalue weighted by Crippen LogP contribution is 1.97. The van der Waals surface area contributed by atoms with Gasteiger partial charge in [-0.1, -0.05) is 11.8 Å². The Balaban J connectivity index is 2.62. The zero-order chi connectivity index (χ0) is 6.53. The molecule has 0 aromatic heterocycles. The number of nitrogens with zero attached hydrogens (tertiary/aromatic N) is 1. The summed E-state index contributed by atoms with van der Waals surface area (Å²) in [4.78, 5) is 4.07. The van der Waals surface area contributed by atoms with Crippen LogP contribution < -0.4 is 5.32 Å². The predicted octanol–water partition coefficient (Wildman–Crippen LogP) is 1.34. The summed E-state index contributed by atoms with van der Waals surface area (Å²) in [5.74, 6) is 0. The molecule has 0 saturated heterocycles. The van der Waals surface area contributed by atoms with Crippen LogP contribution in [0.3, 0.4) is 0 Å². The summed E-state index contributed by atoms with van der Waals surface area (Å²) in [5.41, 5.74) is 0. The fourth-order valence-electron chi connectivity index (χ4n) is 0.484. The maximum Gasteiger partial charge on any atom is 0.164 e. The molecule has 0 spiro atoms. The van der Waals surface area contributed by atoms with Gasteiger partial charge >= 0.3 is 0 Å². The summed E-state index contributed by atoms with van der Waals surface area (Å²) in [6.07, 6.45) is 9.41. The van der Waals surface area contributed by atoms with Gasteiger partial charge in [-0.05, 0) is 18.4 Å². The van der Waals surface area contributed by atoms with Gasteiger partial charge in [0.05, 0.1) is 0 Å². The maximum absolute atomic E-state index is 4.07. The SMILES string of the molecule is CSC1=NC=CC=CN1. The summed E-state index contributed by atoms with van der Waals surface area (Å²) in [6, 6.07) is 0. The third-order valence-electron chi connectivity index (χ3n) is 0.885. The highest BCUT2D eigenvalue weighted by molar-refractivity contribution is 8.13. The first kappa shape index (κ1) is 6.42. The lowest BCUT2D eigenvalue weighted by Crippen LogP contribution is -2.10. The minimum absolute atomic E-state index is 0.931. The standard InChI is InChI=1S/C6H8N2S/c1-9-6-7-4-2-3-5-8-6/h2-5H,1H3,(H,7,8). The molecule has 48 valence electrons. The van der Waals surface area contributed by atoms with E-state index in [-0.39, 0.29) is 0 Å². The van der Waals surface area contributed by atoms with E-state index in [2.05, 4.69) is 10.3 Å². The smallest absolute Gasteiger partial charge is 0.164 e. The molecular weight excluding hydrogens is 132 g/mol. The Morgan fingerprint density at radius 1 is 1.56 bits per heavy atom. The van der Waals surface area contributed by atoms with Gasteiger partial charge in [0.25, 0.3) is 0 Å². The Bertz CT molecular complexity index is 170. The molecule has 0 amide bonds. The molecule has 1 N–H and O–H groups in total. The van der Waals surface area contributed by atoms with Crippen molar-refractivity contribution in [3.8, 4) is 0 Å². The first-order valence-electron chi connectivity index (χ1n) is 2.63. The number of hydrogen-bond donors (Lipinski definition) is 1. The van der Waals surface area contributed by atoms with Gasteiger partial charge in [0.15, 0.2) is 5.17 Å². The van der Waals surface area contributed by atoms with Crippen LogP contribution in [-0.4, -0.2) is 11.4 Å². The minimum atomic E-state index is 0.931. The van der Waals surface area contributed by atoms with Crippen LogP contribution in [0.1, 0.15) is 0 Å². The monoisotopic (exact) mass is 140 g/mol. The van der Waals surface area contributed by atoms with E-state index < -0.39 is 0 Å². The molecule has 0 radical (unpaired) electrons. The van der Waals surface area contributed by atoms with Gasteiger partial charge in [-0.25, -0.2) is 4.99 Å². The molecule has 0 aliphatic carbocycles. The molecule has 0 fully saturated rings. The van der Waals surface area contributed by atoms with E-state index in [0.717, 1.165) is 5.17 Å². The topological polar surface area (TPSA) is 24.4 Å². The van der Waals surface area contributed by atoms with Crippen LogP contribution in [0.4, 0.5) is 0 Å². The van der Waals surface area contributed by atoms with Crippen LogP contribution in [0.2, 0.25) is 0 Å². The van der Waals surface area contributed by atoms with Crippen LogP contribution in [0.25, 0.3) is 0 Å². The Hall–Kier alpha value is -0.700. The molecule has 3 heteroatoms. The molecular formula is C6H8N2S. The number of hydrogen-bond acceptors (Lipinski definition) is 3. The number of nitrogens with one attached hydrogen (secondary N) is 1. The maximum atomic E-state index is 4.07. The molecule has 0 aromatic rings. The van der Waals surface area contributed by atoms with Crippen molar-refractivity contribution < 1.29 is 0 Å². The van der Waals surface area contributed by atoms with Crippen molar-refractivity contribution in [1.82, 2.24) is 5.32 Å². The van der Waals surface area contributed by atoms with E-state index in [0.29, 0.717) is 0 Å². The molecule has 0 saturated carbocycles. The quantitative estimate of drug-likeness (QED) is 0.549. The summed E-state index contributed by atoms with van der Waals surface area (Å²) in [7, 11) is 0. The van der Waals surface area contributed by atoms with Gasteiger partial charge in [0.1, 0.15) is 0 Å². The lowest BCUT2D eigenvalue weighted by Gasteiger charge is -1.96. The van der Waals surface area contributed by atoms with Gasteiger partial charge in [-0.3, -0.25) is 0 Å². The zero-order valence-electron chi connectivity index (χ0n) is 5.16. The van der Waals surface area contributed by atoms with Crippen LogP contribution in [-0.2, 0) is 0 Å². The van der Waals surface area contributed by atoms with Gasteiger partial charge < -0.3 is 5.32 Å². The Morgan fingerprint density at radius 3 is 3.22 bits per heavy atom. The highest BCUT2D eigenvalue weighted by Gasteiger charge is 1.89. The third-order valence-corrected chi connectivity index (χ3v) is 1.50. The molecule has 0 atom stereocenters. The van der Waals surface area contributed by atoms with E-state index in [9.17, 15) is 0 Å². The number of aliphatic imine (C=N–C) groups is 1. The molecule has 1 aliphatic heterocycles. The van der Waals surface area contributed by atoms with Crippen molar-refractivity contribution in [2.75, 3.05) is 6.26 Å². The third kappa shape index (κ3) is 1.93. The molecule has 0 bridgehead atoms. The van der Waals surface area contributed by atoms with E-state index in [1.165, 1.54) is 0 Å². The summed E-state index contributed by atoms with van der Waals surface area (Å²) in [6.45, 7) is 0. The molecule has 0 aromatic carbocycles. The van der Waals surface area contributed by atoms with Crippen molar-refractivity contribution in [3.63, 3.8) is 0 Å². The normalized spacial score (nSPS) is 16.3. The first-order chi connectivity index (χ1) is 4.43. The molecule has 0 unspecified atom stereocenters. The second-order valence-corrected chi connectivity index (χ2v) is 2.28. The number of thioether (sulfide) groups is 1. The second-order valence-electron chi connectivity index (χ2n) is 1.48. The van der Waals surface area contributed by atoms with Gasteiger partial charge in [0.2, 0.25) is 0 Å². The van der Waals surface area contributed by atoms with Crippen LogP contribution in [0.15, 0.2) is 29.5 Å². The lowest BCUT2D eigenvalue weighted by atomic mass is 10.6. The predicted molar refractivity (Wildman–Crippen MR) is 42.4 cm³/mol. The summed E-state index contributed by atoms with van der Waals surface area (Å²) in [5, 5.41) is 3.93. The van der Waals surface area contributed by atoms with Gasteiger partial charge in [-0.2, -0.15) is 0 Å². The Labute approximate surface area is 58.7 Å². The van der Waals surface area contributed by atoms with Crippen LogP contribution >= 0.6 is 11.8 Å². The average molecular weight is 140 g/mol. The molecule has 2 nitrogen and oxygen atoms in total. The largest absolute Gasteiger partial charge is 0.341 e. The van der Waals surface area contributed by atoms with Crippen molar-refractivity contribution >= 4 is 16.9 Å². The lowest BCUT2D eigenvalue weighted by molar-refractivity contribution is 1.31. The highest BCUT2D eigenvalue weighted by atomic mass is 32.2. The van der Waals surface area contributed by atoms with E-state index in [1.807, 2.05) is 24.6 Å². The molecule has 9 heavy (non-hydrogen) atoms. The van der Waals surface area contributed by atoms with Crippen molar-refractivity contribution in [3.05, 3.63) is 24.6 Å². The van der Waals surface area contributed by atoms with Crippen LogP contribution in [0, 0.1) is 0 Å². The second kappa shape index (κ2) is 3.35. The Morgan fingerprint density at radius 2 is 2.44 bits per heavy atom. The number of allylic oxidation sites excluding steroid dienone is 2. The van der Waals surface area contributed by atoms with Crippen molar-refractivity contribution in [2.45, 2.75) is 0 Å². The fraction of sp³-hybridized carbons (Fsp3) is 0.167. The van der Waals surface area contributed by atoms with E-state index >= 15 is 0 Å². The van der Waals surface area contributed by atoms with E-state index in [1.54, 1.807) is 18.0 Å². The molecule has 1 heterocycles. The number of amidine groups is 1. The molecule has 1 rings (SSSR count). The zero-order valence-corrected chi connectivity index (χ0v) is 5.98. The summed E-state index contributed by atoms with van der Waals surface area (Å²) >= 11 is 1.60. The van der Waals surface area contributed by atoms with Crippen LogP contribution in [0.5, 0.6) is 0 Å². The average Bonchev–Trinajstić information content (AvgIpc) is 2.13. The number of rotatable bonds is 0. The minimum Gasteiger partial charge on any atom is -0.341 e. The summed E-state index contributed by atoms with van der Waals surface area (Å²) < 4.78 is 0. The fourth-order valence-corrected chi connectivity index (χ4v) is 0.836. The van der Waals surface area contributed by atoms with Gasteiger partial charge in [0, 0.05) is 12.4 Å². The Kier molecular flexibility index (Phi) is 2.39.